The SMILES string of the molecule is NCC1(N2CCOCC2)CC2CCC1C2. The summed E-state index contributed by atoms with van der Waals surface area (Å²) in [5.74, 6) is 1.85. The molecule has 2 bridgehead atoms. The van der Waals surface area contributed by atoms with Gasteiger partial charge in [0.2, 0.25) is 0 Å². The van der Waals surface area contributed by atoms with Gasteiger partial charge in [-0.1, -0.05) is 6.42 Å². The first-order chi connectivity index (χ1) is 7.35. The standard InChI is InChI=1S/C12H22N2O/c13-9-12(14-3-5-15-6-4-14)8-10-1-2-11(12)7-10/h10-11H,1-9,13H2. The Hall–Kier alpha value is -0.120. The van der Waals surface area contributed by atoms with Crippen LogP contribution in [0.25, 0.3) is 0 Å². The summed E-state index contributed by atoms with van der Waals surface area (Å²) in [4.78, 5) is 2.64. The molecule has 3 rings (SSSR count). The van der Waals surface area contributed by atoms with Crippen molar-refractivity contribution in [2.45, 2.75) is 31.2 Å². The number of fused-ring (bicyclic) bond motifs is 2. The van der Waals surface area contributed by atoms with Crippen LogP contribution in [0.1, 0.15) is 25.7 Å². The third kappa shape index (κ3) is 1.44. The normalized spacial score (nSPS) is 46.2. The minimum Gasteiger partial charge on any atom is -0.379 e. The number of rotatable bonds is 2. The van der Waals surface area contributed by atoms with E-state index in [1.165, 1.54) is 25.7 Å². The molecule has 86 valence electrons. The minimum absolute atomic E-state index is 0.354. The van der Waals surface area contributed by atoms with Crippen LogP contribution < -0.4 is 5.73 Å². The molecule has 0 aromatic rings. The largest absolute Gasteiger partial charge is 0.379 e. The molecule has 0 radical (unpaired) electrons. The predicted octanol–water partition coefficient (Wildman–Crippen LogP) is 0.836. The van der Waals surface area contributed by atoms with Gasteiger partial charge in [-0.3, -0.25) is 4.90 Å². The number of nitrogens with two attached hydrogens (primary N) is 1. The lowest BCUT2D eigenvalue weighted by atomic mass is 9.79. The number of ether oxygens (including phenoxy) is 1. The molecule has 3 fully saturated rings. The van der Waals surface area contributed by atoms with Gasteiger partial charge >= 0.3 is 0 Å². The molecule has 15 heavy (non-hydrogen) atoms. The van der Waals surface area contributed by atoms with Crippen molar-refractivity contribution in [1.82, 2.24) is 4.90 Å². The highest BCUT2D eigenvalue weighted by Gasteiger charge is 2.53. The Bertz CT molecular complexity index is 240. The molecule has 3 heteroatoms. The lowest BCUT2D eigenvalue weighted by Gasteiger charge is -2.48. The molecule has 3 aliphatic rings. The van der Waals surface area contributed by atoms with Gasteiger partial charge in [-0.2, -0.15) is 0 Å². The topological polar surface area (TPSA) is 38.5 Å². The van der Waals surface area contributed by atoms with Gasteiger partial charge in [-0.25, -0.2) is 0 Å². The zero-order valence-electron chi connectivity index (χ0n) is 9.45. The number of morpholine rings is 1. The molecule has 0 amide bonds. The summed E-state index contributed by atoms with van der Waals surface area (Å²) >= 11 is 0. The second kappa shape index (κ2) is 3.72. The van der Waals surface area contributed by atoms with Gasteiger partial charge in [0, 0.05) is 25.2 Å². The van der Waals surface area contributed by atoms with Crippen LogP contribution in [-0.2, 0) is 4.74 Å². The lowest BCUT2D eigenvalue weighted by Crippen LogP contribution is -2.60. The van der Waals surface area contributed by atoms with Gasteiger partial charge < -0.3 is 10.5 Å². The fraction of sp³-hybridized carbons (Fsp3) is 1.00. The molecule has 0 aromatic heterocycles. The highest BCUT2D eigenvalue weighted by atomic mass is 16.5. The van der Waals surface area contributed by atoms with E-state index in [-0.39, 0.29) is 0 Å². The zero-order chi connectivity index (χ0) is 10.3. The van der Waals surface area contributed by atoms with E-state index in [1.807, 2.05) is 0 Å². The third-order valence-corrected chi connectivity index (χ3v) is 4.94. The molecule has 2 N–H and O–H groups in total. The Kier molecular flexibility index (Phi) is 2.49. The summed E-state index contributed by atoms with van der Waals surface area (Å²) in [6, 6.07) is 0. The summed E-state index contributed by atoms with van der Waals surface area (Å²) in [7, 11) is 0. The highest BCUT2D eigenvalue weighted by Crippen LogP contribution is 2.53. The van der Waals surface area contributed by atoms with Gasteiger partial charge in [0.15, 0.2) is 0 Å². The third-order valence-electron chi connectivity index (χ3n) is 4.94. The first-order valence-corrected chi connectivity index (χ1v) is 6.38. The average Bonchev–Trinajstić information content (AvgIpc) is 2.90. The number of nitrogens with zero attached hydrogens (tertiary/aromatic N) is 1. The van der Waals surface area contributed by atoms with E-state index in [9.17, 15) is 0 Å². The fourth-order valence-electron chi connectivity index (χ4n) is 4.19. The first-order valence-electron chi connectivity index (χ1n) is 6.38. The van der Waals surface area contributed by atoms with E-state index in [2.05, 4.69) is 4.90 Å². The van der Waals surface area contributed by atoms with E-state index >= 15 is 0 Å². The van der Waals surface area contributed by atoms with Gasteiger partial charge in [0.1, 0.15) is 0 Å². The molecule has 0 spiro atoms. The summed E-state index contributed by atoms with van der Waals surface area (Å²) in [5.41, 5.74) is 6.46. The van der Waals surface area contributed by atoms with Crippen LogP contribution in [-0.4, -0.2) is 43.3 Å². The number of hydrogen-bond acceptors (Lipinski definition) is 3. The quantitative estimate of drug-likeness (QED) is 0.734. The first kappa shape index (κ1) is 10.1. The molecule has 3 nitrogen and oxygen atoms in total. The molecule has 0 aromatic carbocycles. The van der Waals surface area contributed by atoms with Crippen LogP contribution in [0.4, 0.5) is 0 Å². The van der Waals surface area contributed by atoms with E-state index in [0.29, 0.717) is 5.54 Å². The molecule has 3 atom stereocenters. The van der Waals surface area contributed by atoms with E-state index in [4.69, 9.17) is 10.5 Å². The monoisotopic (exact) mass is 210 g/mol. The maximum atomic E-state index is 6.10. The van der Waals surface area contributed by atoms with Crippen LogP contribution in [0.15, 0.2) is 0 Å². The Morgan fingerprint density at radius 2 is 2.07 bits per heavy atom. The van der Waals surface area contributed by atoms with Crippen molar-refractivity contribution in [1.29, 1.82) is 0 Å². The van der Waals surface area contributed by atoms with E-state index < -0.39 is 0 Å². The second-order valence-corrected chi connectivity index (χ2v) is 5.49. The maximum absolute atomic E-state index is 6.10. The molecular formula is C12H22N2O. The predicted molar refractivity (Wildman–Crippen MR) is 59.6 cm³/mol. The summed E-state index contributed by atoms with van der Waals surface area (Å²) in [6.45, 7) is 4.85. The van der Waals surface area contributed by atoms with Crippen molar-refractivity contribution >= 4 is 0 Å². The van der Waals surface area contributed by atoms with Gasteiger partial charge in [-0.05, 0) is 31.1 Å². The Balaban J connectivity index is 1.79. The minimum atomic E-state index is 0.354. The van der Waals surface area contributed by atoms with Gasteiger partial charge in [0.05, 0.1) is 13.2 Å². The molecule has 1 aliphatic heterocycles. The van der Waals surface area contributed by atoms with Crippen molar-refractivity contribution in [2.75, 3.05) is 32.8 Å². The lowest BCUT2D eigenvalue weighted by molar-refractivity contribution is -0.0412. The van der Waals surface area contributed by atoms with Gasteiger partial charge in [-0.15, -0.1) is 0 Å². The maximum Gasteiger partial charge on any atom is 0.0594 e. The van der Waals surface area contributed by atoms with Crippen molar-refractivity contribution in [3.63, 3.8) is 0 Å². The van der Waals surface area contributed by atoms with Crippen LogP contribution in [0, 0.1) is 11.8 Å². The Morgan fingerprint density at radius 3 is 2.60 bits per heavy atom. The molecule has 2 saturated carbocycles. The zero-order valence-corrected chi connectivity index (χ0v) is 9.45. The molecule has 3 unspecified atom stereocenters. The fourth-order valence-corrected chi connectivity index (χ4v) is 4.19. The van der Waals surface area contributed by atoms with Crippen molar-refractivity contribution in [2.24, 2.45) is 17.6 Å². The van der Waals surface area contributed by atoms with Crippen molar-refractivity contribution in [3.8, 4) is 0 Å². The van der Waals surface area contributed by atoms with E-state index in [1.54, 1.807) is 0 Å². The smallest absolute Gasteiger partial charge is 0.0594 e. The van der Waals surface area contributed by atoms with Crippen LogP contribution in [0.2, 0.25) is 0 Å². The summed E-state index contributed by atoms with van der Waals surface area (Å²) < 4.78 is 5.45. The van der Waals surface area contributed by atoms with Crippen LogP contribution >= 0.6 is 0 Å². The summed E-state index contributed by atoms with van der Waals surface area (Å²) in [5, 5.41) is 0. The molecule has 1 saturated heterocycles. The number of hydrogen-bond donors (Lipinski definition) is 1. The van der Waals surface area contributed by atoms with Crippen molar-refractivity contribution in [3.05, 3.63) is 0 Å². The van der Waals surface area contributed by atoms with E-state index in [0.717, 1.165) is 44.7 Å². The molecule has 1 heterocycles. The second-order valence-electron chi connectivity index (χ2n) is 5.49. The average molecular weight is 210 g/mol. The van der Waals surface area contributed by atoms with Crippen LogP contribution in [0.3, 0.4) is 0 Å². The van der Waals surface area contributed by atoms with Gasteiger partial charge in [0.25, 0.3) is 0 Å². The Labute approximate surface area is 91.9 Å². The molecule has 2 aliphatic carbocycles. The highest BCUT2D eigenvalue weighted by molar-refractivity contribution is 5.08. The van der Waals surface area contributed by atoms with Crippen molar-refractivity contribution < 1.29 is 4.74 Å². The summed E-state index contributed by atoms with van der Waals surface area (Å²) in [6.07, 6.45) is 5.67. The Morgan fingerprint density at radius 1 is 1.27 bits per heavy atom. The van der Waals surface area contributed by atoms with Crippen LogP contribution in [0.5, 0.6) is 0 Å². The molecular weight excluding hydrogens is 188 g/mol.